The molecule has 0 bridgehead atoms. The predicted octanol–water partition coefficient (Wildman–Crippen LogP) is 2.26. The molecule has 0 saturated heterocycles. The summed E-state index contributed by atoms with van der Waals surface area (Å²) in [6, 6.07) is 3.52. The zero-order valence-electron chi connectivity index (χ0n) is 11.4. The third kappa shape index (κ3) is 3.67. The minimum atomic E-state index is -1.16. The van der Waals surface area contributed by atoms with Gasteiger partial charge in [-0.05, 0) is 25.0 Å². The number of aliphatic hydroxyl groups is 1. The number of hydrogen-bond donors (Lipinski definition) is 3. The SMILES string of the molecule is CCC(O)(CC)CNc1cc(C(=O)O)ccc1[N+](=O)[O-]. The van der Waals surface area contributed by atoms with Crippen molar-refractivity contribution in [2.24, 2.45) is 0 Å². The minimum Gasteiger partial charge on any atom is -0.478 e. The number of aromatic carboxylic acids is 1. The third-order valence-corrected chi connectivity index (χ3v) is 3.36. The molecule has 1 aromatic carbocycles. The van der Waals surface area contributed by atoms with Crippen LogP contribution in [-0.2, 0) is 0 Å². The van der Waals surface area contributed by atoms with Crippen LogP contribution < -0.4 is 5.32 Å². The molecule has 7 nitrogen and oxygen atoms in total. The summed E-state index contributed by atoms with van der Waals surface area (Å²) in [5.74, 6) is -1.16. The maximum atomic E-state index is 10.9. The van der Waals surface area contributed by atoms with Crippen LogP contribution in [0.25, 0.3) is 0 Å². The lowest BCUT2D eigenvalue weighted by molar-refractivity contribution is -0.384. The van der Waals surface area contributed by atoms with Crippen molar-refractivity contribution in [3.05, 3.63) is 33.9 Å². The number of nitrogens with one attached hydrogen (secondary N) is 1. The lowest BCUT2D eigenvalue weighted by Gasteiger charge is -2.25. The molecule has 0 amide bonds. The molecule has 20 heavy (non-hydrogen) atoms. The average Bonchev–Trinajstić information content (AvgIpc) is 2.44. The molecule has 7 heteroatoms. The van der Waals surface area contributed by atoms with Crippen molar-refractivity contribution >= 4 is 17.3 Å². The Hall–Kier alpha value is -2.15. The summed E-state index contributed by atoms with van der Waals surface area (Å²) in [6.45, 7) is 3.74. The van der Waals surface area contributed by atoms with Crippen molar-refractivity contribution in [3.63, 3.8) is 0 Å². The summed E-state index contributed by atoms with van der Waals surface area (Å²) in [5.41, 5.74) is -1.15. The second-order valence-corrected chi connectivity index (χ2v) is 4.58. The normalized spacial score (nSPS) is 11.2. The Bertz CT molecular complexity index is 511. The Balaban J connectivity index is 3.05. The van der Waals surface area contributed by atoms with Gasteiger partial charge in [-0.1, -0.05) is 13.8 Å². The molecule has 0 aromatic heterocycles. The topological polar surface area (TPSA) is 113 Å². The first kappa shape index (κ1) is 15.9. The van der Waals surface area contributed by atoms with Crippen LogP contribution in [0.15, 0.2) is 18.2 Å². The standard InChI is InChI=1S/C13H18N2O5/c1-3-13(18,4-2)8-14-10-7-9(12(16)17)5-6-11(10)15(19)20/h5-7,14,18H,3-4,8H2,1-2H3,(H,16,17). The number of rotatable bonds is 7. The molecule has 0 fully saturated rings. The molecule has 1 aromatic rings. The molecule has 1 rings (SSSR count). The maximum Gasteiger partial charge on any atom is 0.335 e. The van der Waals surface area contributed by atoms with Gasteiger partial charge < -0.3 is 15.5 Å². The molecular formula is C13H18N2O5. The number of carboxylic acid groups (broad SMARTS) is 1. The van der Waals surface area contributed by atoms with E-state index in [1.165, 1.54) is 12.1 Å². The van der Waals surface area contributed by atoms with Crippen LogP contribution in [0.1, 0.15) is 37.0 Å². The van der Waals surface area contributed by atoms with E-state index in [0.717, 1.165) is 6.07 Å². The molecule has 0 radical (unpaired) electrons. The van der Waals surface area contributed by atoms with Gasteiger partial charge in [0.05, 0.1) is 16.1 Å². The second-order valence-electron chi connectivity index (χ2n) is 4.58. The van der Waals surface area contributed by atoms with E-state index in [0.29, 0.717) is 12.8 Å². The van der Waals surface area contributed by atoms with Crippen LogP contribution in [0, 0.1) is 10.1 Å². The Morgan fingerprint density at radius 1 is 1.40 bits per heavy atom. The molecule has 0 aliphatic heterocycles. The van der Waals surface area contributed by atoms with E-state index >= 15 is 0 Å². The second kappa shape index (κ2) is 6.33. The molecule has 0 aliphatic carbocycles. The lowest BCUT2D eigenvalue weighted by Crippen LogP contribution is -2.35. The van der Waals surface area contributed by atoms with Crippen molar-refractivity contribution < 1.29 is 19.9 Å². The van der Waals surface area contributed by atoms with Gasteiger partial charge in [0, 0.05) is 12.6 Å². The fraction of sp³-hybridized carbons (Fsp3) is 0.462. The van der Waals surface area contributed by atoms with Crippen molar-refractivity contribution in [1.82, 2.24) is 0 Å². The highest BCUT2D eigenvalue weighted by atomic mass is 16.6. The number of carbonyl (C=O) groups is 1. The van der Waals surface area contributed by atoms with E-state index in [9.17, 15) is 20.0 Å². The summed E-state index contributed by atoms with van der Waals surface area (Å²) in [5, 5.41) is 32.8. The number of hydrogen-bond acceptors (Lipinski definition) is 5. The highest BCUT2D eigenvalue weighted by Gasteiger charge is 2.24. The lowest BCUT2D eigenvalue weighted by atomic mass is 9.97. The van der Waals surface area contributed by atoms with Crippen LogP contribution in [-0.4, -0.2) is 33.3 Å². The molecule has 110 valence electrons. The number of nitro benzene ring substituents is 1. The molecule has 3 N–H and O–H groups in total. The predicted molar refractivity (Wildman–Crippen MR) is 74.1 cm³/mol. The van der Waals surface area contributed by atoms with Crippen LogP contribution >= 0.6 is 0 Å². The van der Waals surface area contributed by atoms with E-state index in [1.54, 1.807) is 0 Å². The Labute approximate surface area is 116 Å². The van der Waals surface area contributed by atoms with Crippen LogP contribution in [0.4, 0.5) is 11.4 Å². The monoisotopic (exact) mass is 282 g/mol. The van der Waals surface area contributed by atoms with Crippen LogP contribution in [0.3, 0.4) is 0 Å². The number of nitro groups is 1. The Morgan fingerprint density at radius 3 is 2.45 bits per heavy atom. The average molecular weight is 282 g/mol. The summed E-state index contributed by atoms with van der Waals surface area (Å²) >= 11 is 0. The molecule has 0 heterocycles. The molecule has 0 saturated carbocycles. The first-order chi connectivity index (χ1) is 9.33. The number of benzene rings is 1. The van der Waals surface area contributed by atoms with E-state index in [1.807, 2.05) is 13.8 Å². The number of carboxylic acids is 1. The Morgan fingerprint density at radius 2 is 2.00 bits per heavy atom. The molecule has 0 aliphatic rings. The summed E-state index contributed by atoms with van der Waals surface area (Å²) in [4.78, 5) is 21.2. The van der Waals surface area contributed by atoms with Crippen molar-refractivity contribution in [3.8, 4) is 0 Å². The highest BCUT2D eigenvalue weighted by molar-refractivity contribution is 5.90. The molecule has 0 spiro atoms. The summed E-state index contributed by atoms with van der Waals surface area (Å²) in [6.07, 6.45) is 0.978. The van der Waals surface area contributed by atoms with Gasteiger partial charge in [0.1, 0.15) is 5.69 Å². The van der Waals surface area contributed by atoms with E-state index in [4.69, 9.17) is 5.11 Å². The fourth-order valence-corrected chi connectivity index (χ4v) is 1.73. The first-order valence-electron chi connectivity index (χ1n) is 6.31. The van der Waals surface area contributed by atoms with Gasteiger partial charge in [0.25, 0.3) is 5.69 Å². The Kier molecular flexibility index (Phi) is 5.04. The maximum absolute atomic E-state index is 10.9. The summed E-state index contributed by atoms with van der Waals surface area (Å²) < 4.78 is 0. The van der Waals surface area contributed by atoms with Gasteiger partial charge in [-0.15, -0.1) is 0 Å². The first-order valence-corrected chi connectivity index (χ1v) is 6.31. The van der Waals surface area contributed by atoms with Gasteiger partial charge in [-0.2, -0.15) is 0 Å². The number of nitrogens with zero attached hydrogens (tertiary/aromatic N) is 1. The smallest absolute Gasteiger partial charge is 0.335 e. The van der Waals surface area contributed by atoms with E-state index in [-0.39, 0.29) is 23.5 Å². The van der Waals surface area contributed by atoms with Crippen molar-refractivity contribution in [2.75, 3.05) is 11.9 Å². The highest BCUT2D eigenvalue weighted by Crippen LogP contribution is 2.27. The van der Waals surface area contributed by atoms with Gasteiger partial charge in [0.15, 0.2) is 0 Å². The van der Waals surface area contributed by atoms with Gasteiger partial charge in [-0.25, -0.2) is 4.79 Å². The molecular weight excluding hydrogens is 264 g/mol. The minimum absolute atomic E-state index is 0.0466. The zero-order chi connectivity index (χ0) is 15.3. The fourth-order valence-electron chi connectivity index (χ4n) is 1.73. The molecule has 0 unspecified atom stereocenters. The van der Waals surface area contributed by atoms with E-state index in [2.05, 4.69) is 5.32 Å². The summed E-state index contributed by atoms with van der Waals surface area (Å²) in [7, 11) is 0. The van der Waals surface area contributed by atoms with Crippen LogP contribution in [0.5, 0.6) is 0 Å². The van der Waals surface area contributed by atoms with Crippen LogP contribution in [0.2, 0.25) is 0 Å². The third-order valence-electron chi connectivity index (χ3n) is 3.36. The van der Waals surface area contributed by atoms with Gasteiger partial charge >= 0.3 is 5.97 Å². The zero-order valence-corrected chi connectivity index (χ0v) is 11.4. The van der Waals surface area contributed by atoms with E-state index < -0.39 is 16.5 Å². The molecule has 0 atom stereocenters. The quantitative estimate of drug-likeness (QED) is 0.522. The van der Waals surface area contributed by atoms with Crippen molar-refractivity contribution in [2.45, 2.75) is 32.3 Å². The van der Waals surface area contributed by atoms with Gasteiger partial charge in [-0.3, -0.25) is 10.1 Å². The largest absolute Gasteiger partial charge is 0.478 e. The van der Waals surface area contributed by atoms with Crippen molar-refractivity contribution in [1.29, 1.82) is 0 Å². The van der Waals surface area contributed by atoms with Gasteiger partial charge in [0.2, 0.25) is 0 Å². The number of anilines is 1.